The minimum absolute atomic E-state index is 0.0701. The molecule has 1 amide bonds. The van der Waals surface area contributed by atoms with Crippen molar-refractivity contribution in [2.24, 2.45) is 0 Å². The van der Waals surface area contributed by atoms with Crippen molar-refractivity contribution in [3.63, 3.8) is 0 Å². The van der Waals surface area contributed by atoms with Crippen molar-refractivity contribution < 1.29 is 22.7 Å². The number of hydrogen-bond donors (Lipinski definition) is 0. The first-order valence-electron chi connectivity index (χ1n) is 8.07. The Balaban J connectivity index is 2.04. The Labute approximate surface area is 145 Å². The molecule has 0 bridgehead atoms. The molecule has 0 aliphatic carbocycles. The monoisotopic (exact) mass is 360 g/mol. The van der Waals surface area contributed by atoms with Crippen molar-refractivity contribution in [2.75, 3.05) is 24.5 Å². The lowest BCUT2D eigenvalue weighted by Crippen LogP contribution is -2.54. The third-order valence-electron chi connectivity index (χ3n) is 3.66. The van der Waals surface area contributed by atoms with Gasteiger partial charge in [-0.25, -0.2) is 14.8 Å². The minimum Gasteiger partial charge on any atom is -0.444 e. The number of piperazine rings is 1. The highest BCUT2D eigenvalue weighted by Crippen LogP contribution is 2.24. The molecule has 1 atom stereocenters. The number of halogens is 3. The Morgan fingerprint density at radius 2 is 1.96 bits per heavy atom. The Morgan fingerprint density at radius 3 is 2.52 bits per heavy atom. The molecule has 1 fully saturated rings. The largest absolute Gasteiger partial charge is 0.444 e. The van der Waals surface area contributed by atoms with Gasteiger partial charge in [0.05, 0.1) is 12.1 Å². The highest BCUT2D eigenvalue weighted by atomic mass is 19.4. The zero-order valence-electron chi connectivity index (χ0n) is 14.8. The predicted molar refractivity (Wildman–Crippen MR) is 86.4 cm³/mol. The molecule has 0 unspecified atom stereocenters. The first kappa shape index (κ1) is 19.3. The quantitative estimate of drug-likeness (QED) is 0.811. The number of aromatic nitrogens is 2. The molecule has 25 heavy (non-hydrogen) atoms. The summed E-state index contributed by atoms with van der Waals surface area (Å²) in [5, 5.41) is 0. The fraction of sp³-hybridized carbons (Fsp3) is 0.688. The van der Waals surface area contributed by atoms with E-state index in [-0.39, 0.29) is 17.8 Å². The average molecular weight is 360 g/mol. The van der Waals surface area contributed by atoms with Crippen LogP contribution in [-0.2, 0) is 11.2 Å². The molecule has 1 aromatic heterocycles. The molecule has 0 spiro atoms. The second-order valence-corrected chi connectivity index (χ2v) is 7.13. The van der Waals surface area contributed by atoms with E-state index in [2.05, 4.69) is 9.97 Å². The fourth-order valence-electron chi connectivity index (χ4n) is 2.64. The molecule has 2 heterocycles. The first-order chi connectivity index (χ1) is 11.4. The van der Waals surface area contributed by atoms with Gasteiger partial charge < -0.3 is 14.5 Å². The van der Waals surface area contributed by atoms with Gasteiger partial charge >= 0.3 is 12.3 Å². The van der Waals surface area contributed by atoms with Crippen LogP contribution in [0.3, 0.4) is 0 Å². The second kappa shape index (κ2) is 7.05. The summed E-state index contributed by atoms with van der Waals surface area (Å²) < 4.78 is 43.0. The molecule has 0 radical (unpaired) electrons. The number of hydrogen-bond acceptors (Lipinski definition) is 5. The summed E-state index contributed by atoms with van der Waals surface area (Å²) in [4.78, 5) is 23.4. The zero-order valence-corrected chi connectivity index (χ0v) is 14.8. The summed E-state index contributed by atoms with van der Waals surface area (Å²) >= 11 is 0. The number of carbonyl (C=O) groups is 1. The number of nitrogens with zero attached hydrogens (tertiary/aromatic N) is 4. The highest BCUT2D eigenvalue weighted by Gasteiger charge is 2.32. The molecule has 0 aromatic carbocycles. The molecule has 140 valence electrons. The number of alkyl halides is 3. The van der Waals surface area contributed by atoms with E-state index in [9.17, 15) is 18.0 Å². The van der Waals surface area contributed by atoms with E-state index in [0.717, 1.165) is 6.33 Å². The van der Waals surface area contributed by atoms with E-state index in [1.165, 1.54) is 6.07 Å². The van der Waals surface area contributed by atoms with Gasteiger partial charge in [-0.2, -0.15) is 13.2 Å². The predicted octanol–water partition coefficient (Wildman–Crippen LogP) is 3.03. The van der Waals surface area contributed by atoms with E-state index in [0.29, 0.717) is 25.5 Å². The SMILES string of the molecule is C[C@H]1CN(C(=O)OC(C)(C)C)CCN1c1cc(CC(F)(F)F)ncn1. The summed E-state index contributed by atoms with van der Waals surface area (Å²) in [5.74, 6) is 0.436. The van der Waals surface area contributed by atoms with Crippen LogP contribution >= 0.6 is 0 Å². The van der Waals surface area contributed by atoms with Crippen molar-refractivity contribution >= 4 is 11.9 Å². The smallest absolute Gasteiger partial charge is 0.410 e. The van der Waals surface area contributed by atoms with Gasteiger partial charge in [0.1, 0.15) is 17.7 Å². The third-order valence-corrected chi connectivity index (χ3v) is 3.66. The van der Waals surface area contributed by atoms with Crippen molar-refractivity contribution in [3.8, 4) is 0 Å². The van der Waals surface area contributed by atoms with E-state index in [1.54, 1.807) is 25.7 Å². The molecule has 1 aromatic rings. The Bertz CT molecular complexity index is 616. The number of amides is 1. The minimum atomic E-state index is -4.31. The van der Waals surface area contributed by atoms with Crippen LogP contribution in [0.4, 0.5) is 23.8 Å². The molecule has 1 aliphatic rings. The maximum Gasteiger partial charge on any atom is 0.410 e. The maximum atomic E-state index is 12.5. The van der Waals surface area contributed by atoms with E-state index >= 15 is 0 Å². The summed E-state index contributed by atoms with van der Waals surface area (Å²) in [6, 6.07) is 1.25. The van der Waals surface area contributed by atoms with Crippen LogP contribution in [0.15, 0.2) is 12.4 Å². The number of carbonyl (C=O) groups excluding carboxylic acids is 1. The van der Waals surface area contributed by atoms with Gasteiger partial charge in [0.25, 0.3) is 0 Å². The summed E-state index contributed by atoms with van der Waals surface area (Å²) in [6.45, 7) is 8.57. The Kier molecular flexibility index (Phi) is 5.43. The van der Waals surface area contributed by atoms with E-state index in [4.69, 9.17) is 4.74 Å². The summed E-state index contributed by atoms with van der Waals surface area (Å²) in [5.41, 5.74) is -0.643. The first-order valence-corrected chi connectivity index (χ1v) is 8.07. The van der Waals surface area contributed by atoms with Crippen LogP contribution in [-0.4, -0.2) is 58.4 Å². The van der Waals surface area contributed by atoms with Gasteiger partial charge in [0.15, 0.2) is 0 Å². The zero-order chi connectivity index (χ0) is 18.8. The molecule has 9 heteroatoms. The number of ether oxygens (including phenoxy) is 1. The third kappa shape index (κ3) is 5.75. The summed E-state index contributed by atoms with van der Waals surface area (Å²) in [6.07, 6.45) is -4.65. The summed E-state index contributed by atoms with van der Waals surface area (Å²) in [7, 11) is 0. The van der Waals surface area contributed by atoms with Gasteiger partial charge in [-0.1, -0.05) is 0 Å². The molecular weight excluding hydrogens is 337 g/mol. The van der Waals surface area contributed by atoms with Gasteiger partial charge in [0, 0.05) is 31.7 Å². The van der Waals surface area contributed by atoms with Crippen LogP contribution in [0.25, 0.3) is 0 Å². The van der Waals surface area contributed by atoms with Gasteiger partial charge in [-0.05, 0) is 27.7 Å². The van der Waals surface area contributed by atoms with E-state index in [1.807, 2.05) is 11.8 Å². The van der Waals surface area contributed by atoms with Crippen LogP contribution in [0.1, 0.15) is 33.4 Å². The standard InChI is InChI=1S/C16H23F3N4O2/c1-11-9-22(14(24)25-15(2,3)4)5-6-23(11)13-7-12(20-10-21-13)8-16(17,18)19/h7,10-11H,5-6,8-9H2,1-4H3/t11-/m0/s1. The normalized spacial score (nSPS) is 19.1. The lowest BCUT2D eigenvalue weighted by atomic mass is 10.2. The van der Waals surface area contributed by atoms with Crippen LogP contribution < -0.4 is 4.90 Å². The van der Waals surface area contributed by atoms with Crippen molar-refractivity contribution in [1.29, 1.82) is 0 Å². The lowest BCUT2D eigenvalue weighted by Gasteiger charge is -2.40. The van der Waals surface area contributed by atoms with Crippen LogP contribution in [0, 0.1) is 0 Å². The van der Waals surface area contributed by atoms with Crippen molar-refractivity contribution in [2.45, 2.75) is 51.9 Å². The Hall–Kier alpha value is -2.06. The second-order valence-electron chi connectivity index (χ2n) is 7.13. The average Bonchev–Trinajstić information content (AvgIpc) is 2.43. The van der Waals surface area contributed by atoms with Crippen molar-refractivity contribution in [1.82, 2.24) is 14.9 Å². The molecular formula is C16H23F3N4O2. The number of rotatable bonds is 2. The number of anilines is 1. The Morgan fingerprint density at radius 1 is 1.28 bits per heavy atom. The molecule has 1 saturated heterocycles. The molecule has 1 aliphatic heterocycles. The molecule has 0 N–H and O–H groups in total. The fourth-order valence-corrected chi connectivity index (χ4v) is 2.64. The maximum absolute atomic E-state index is 12.5. The van der Waals surface area contributed by atoms with Crippen LogP contribution in [0.5, 0.6) is 0 Å². The van der Waals surface area contributed by atoms with Crippen LogP contribution in [0.2, 0.25) is 0 Å². The molecule has 6 nitrogen and oxygen atoms in total. The molecule has 2 rings (SSSR count). The van der Waals surface area contributed by atoms with Gasteiger partial charge in [-0.15, -0.1) is 0 Å². The molecule has 0 saturated carbocycles. The lowest BCUT2D eigenvalue weighted by molar-refractivity contribution is -0.127. The highest BCUT2D eigenvalue weighted by molar-refractivity contribution is 5.68. The topological polar surface area (TPSA) is 58.6 Å². The van der Waals surface area contributed by atoms with Crippen molar-refractivity contribution in [3.05, 3.63) is 18.1 Å². The van der Waals surface area contributed by atoms with E-state index < -0.39 is 18.2 Å². The van der Waals surface area contributed by atoms with Gasteiger partial charge in [0.2, 0.25) is 0 Å². The van der Waals surface area contributed by atoms with Gasteiger partial charge in [-0.3, -0.25) is 0 Å².